The monoisotopic (exact) mass is 451 g/mol. The van der Waals surface area contributed by atoms with Crippen LogP contribution in [-0.4, -0.2) is 51.6 Å². The van der Waals surface area contributed by atoms with Crippen molar-refractivity contribution >= 4 is 11.9 Å². The topological polar surface area (TPSA) is 77.8 Å². The number of aryl methyl sites for hydroxylation is 1. The lowest BCUT2D eigenvalue weighted by molar-refractivity contribution is -0.148. The summed E-state index contributed by atoms with van der Waals surface area (Å²) in [5, 5.41) is 19.1. The number of hydrogen-bond donors (Lipinski definition) is 2. The predicted octanol–water partition coefficient (Wildman–Crippen LogP) is 4.83. The van der Waals surface area contributed by atoms with E-state index in [0.29, 0.717) is 25.7 Å². The molecule has 1 aromatic rings. The van der Waals surface area contributed by atoms with E-state index >= 15 is 0 Å². The number of aliphatic hydroxyl groups excluding tert-OH is 1. The largest absolute Gasteiger partial charge is 0.481 e. The van der Waals surface area contributed by atoms with Gasteiger partial charge in [0.05, 0.1) is 12.1 Å². The van der Waals surface area contributed by atoms with Crippen LogP contribution in [0.15, 0.2) is 42.5 Å². The van der Waals surface area contributed by atoms with E-state index in [9.17, 15) is 23.5 Å². The number of benzene rings is 1. The zero-order valence-electron chi connectivity index (χ0n) is 18.8. The van der Waals surface area contributed by atoms with Crippen LogP contribution in [0.2, 0.25) is 0 Å². The third kappa shape index (κ3) is 8.34. The number of carbonyl (C=O) groups excluding carboxylic acids is 1. The summed E-state index contributed by atoms with van der Waals surface area (Å²) in [5.74, 6) is -5.42. The Balaban J connectivity index is 1.81. The first kappa shape index (κ1) is 26.0. The van der Waals surface area contributed by atoms with Crippen molar-refractivity contribution < 1.29 is 28.6 Å². The number of rotatable bonds is 14. The molecule has 178 valence electrons. The molecule has 0 saturated carbocycles. The molecular formula is C25H35F2NO4. The zero-order chi connectivity index (χ0) is 23.6. The molecule has 2 rings (SSSR count). The molecule has 2 unspecified atom stereocenters. The van der Waals surface area contributed by atoms with E-state index in [1.807, 2.05) is 25.1 Å². The average molecular weight is 452 g/mol. The fourth-order valence-corrected chi connectivity index (χ4v) is 4.05. The fraction of sp³-hybridized carbons (Fsp3) is 0.600. The number of amides is 1. The van der Waals surface area contributed by atoms with E-state index in [1.54, 1.807) is 12.2 Å². The molecule has 1 heterocycles. The van der Waals surface area contributed by atoms with Crippen LogP contribution in [0.1, 0.15) is 63.9 Å². The molecule has 7 heteroatoms. The van der Waals surface area contributed by atoms with E-state index in [1.165, 1.54) is 10.5 Å². The summed E-state index contributed by atoms with van der Waals surface area (Å²) < 4.78 is 28.0. The van der Waals surface area contributed by atoms with Gasteiger partial charge in [-0.2, -0.15) is 8.78 Å². The van der Waals surface area contributed by atoms with Gasteiger partial charge >= 0.3 is 11.9 Å². The Labute approximate surface area is 189 Å². The highest BCUT2D eigenvalue weighted by molar-refractivity contribution is 5.86. The maximum atomic E-state index is 14.0. The van der Waals surface area contributed by atoms with Gasteiger partial charge in [-0.15, -0.1) is 0 Å². The molecule has 0 radical (unpaired) electrons. The van der Waals surface area contributed by atoms with Crippen molar-refractivity contribution in [3.05, 3.63) is 48.0 Å². The van der Waals surface area contributed by atoms with Crippen LogP contribution < -0.4 is 0 Å². The molecule has 0 bridgehead atoms. The van der Waals surface area contributed by atoms with E-state index in [-0.39, 0.29) is 18.9 Å². The minimum Gasteiger partial charge on any atom is -0.481 e. The van der Waals surface area contributed by atoms with Crippen LogP contribution in [-0.2, 0) is 16.0 Å². The smallest absolute Gasteiger partial charge is 0.327 e. The number of alkyl halides is 2. The first-order valence-corrected chi connectivity index (χ1v) is 11.5. The molecule has 0 aliphatic carbocycles. The molecule has 1 amide bonds. The second kappa shape index (κ2) is 12.7. The summed E-state index contributed by atoms with van der Waals surface area (Å²) in [4.78, 5) is 23.8. The SMILES string of the molecule is CC(CCCc1ccccc1)C(O)C=C[C@H]1CC(F)(F)C(=O)N1CCCCCCC(=O)O. The van der Waals surface area contributed by atoms with Crippen molar-refractivity contribution in [3.63, 3.8) is 0 Å². The molecule has 1 fully saturated rings. The summed E-state index contributed by atoms with van der Waals surface area (Å²) in [6, 6.07) is 9.37. The summed E-state index contributed by atoms with van der Waals surface area (Å²) in [7, 11) is 0. The summed E-state index contributed by atoms with van der Waals surface area (Å²) in [6.07, 6.45) is 6.95. The van der Waals surface area contributed by atoms with Crippen molar-refractivity contribution in [2.45, 2.75) is 82.8 Å². The highest BCUT2D eigenvalue weighted by Crippen LogP contribution is 2.34. The van der Waals surface area contributed by atoms with Crippen molar-refractivity contribution in [1.82, 2.24) is 4.90 Å². The second-order valence-corrected chi connectivity index (χ2v) is 8.76. The minimum atomic E-state index is -3.38. The van der Waals surface area contributed by atoms with Gasteiger partial charge in [-0.05, 0) is 43.6 Å². The van der Waals surface area contributed by atoms with Gasteiger partial charge < -0.3 is 15.1 Å². The number of nitrogens with zero attached hydrogens (tertiary/aromatic N) is 1. The molecule has 1 aliphatic rings. The normalized spacial score (nSPS) is 20.1. The lowest BCUT2D eigenvalue weighted by atomic mass is 9.95. The van der Waals surface area contributed by atoms with Gasteiger partial charge in [-0.1, -0.05) is 62.2 Å². The Bertz CT molecular complexity index is 754. The number of halogens is 2. The average Bonchev–Trinajstić information content (AvgIpc) is 2.97. The Morgan fingerprint density at radius 1 is 1.19 bits per heavy atom. The number of carboxylic acids is 1. The van der Waals surface area contributed by atoms with E-state index in [0.717, 1.165) is 19.3 Å². The maximum Gasteiger partial charge on any atom is 0.327 e. The number of carbonyl (C=O) groups is 2. The van der Waals surface area contributed by atoms with Gasteiger partial charge in [0.1, 0.15) is 0 Å². The van der Waals surface area contributed by atoms with Crippen molar-refractivity contribution in [2.24, 2.45) is 5.92 Å². The van der Waals surface area contributed by atoms with Gasteiger partial charge in [0.15, 0.2) is 0 Å². The second-order valence-electron chi connectivity index (χ2n) is 8.76. The third-order valence-corrected chi connectivity index (χ3v) is 6.06. The highest BCUT2D eigenvalue weighted by atomic mass is 19.3. The summed E-state index contributed by atoms with van der Waals surface area (Å²) in [5.41, 5.74) is 1.25. The van der Waals surface area contributed by atoms with Gasteiger partial charge in [0.25, 0.3) is 5.91 Å². The highest BCUT2D eigenvalue weighted by Gasteiger charge is 2.52. The maximum absolute atomic E-state index is 14.0. The van der Waals surface area contributed by atoms with Crippen LogP contribution in [0, 0.1) is 5.92 Å². The molecule has 5 nitrogen and oxygen atoms in total. The van der Waals surface area contributed by atoms with Crippen LogP contribution >= 0.6 is 0 Å². The van der Waals surface area contributed by atoms with Gasteiger partial charge in [0.2, 0.25) is 0 Å². The predicted molar refractivity (Wildman–Crippen MR) is 119 cm³/mol. The van der Waals surface area contributed by atoms with Crippen molar-refractivity contribution in [3.8, 4) is 0 Å². The fourth-order valence-electron chi connectivity index (χ4n) is 4.05. The first-order chi connectivity index (χ1) is 15.2. The molecule has 1 aromatic carbocycles. The lowest BCUT2D eigenvalue weighted by Crippen LogP contribution is -2.36. The third-order valence-electron chi connectivity index (χ3n) is 6.06. The van der Waals surface area contributed by atoms with Crippen molar-refractivity contribution in [1.29, 1.82) is 0 Å². The molecule has 1 saturated heterocycles. The number of carboxylic acid groups (broad SMARTS) is 1. The Morgan fingerprint density at radius 2 is 1.88 bits per heavy atom. The van der Waals surface area contributed by atoms with Gasteiger partial charge in [-0.3, -0.25) is 9.59 Å². The van der Waals surface area contributed by atoms with E-state index in [4.69, 9.17) is 5.11 Å². The minimum absolute atomic E-state index is 0.0183. The molecule has 2 N–H and O–H groups in total. The quantitative estimate of drug-likeness (QED) is 0.314. The summed E-state index contributed by atoms with van der Waals surface area (Å²) in [6.45, 7) is 2.14. The lowest BCUT2D eigenvalue weighted by Gasteiger charge is -2.22. The van der Waals surface area contributed by atoms with Gasteiger partial charge in [0, 0.05) is 19.4 Å². The number of unbranched alkanes of at least 4 members (excludes halogenated alkanes) is 3. The number of likely N-dealkylation sites (tertiary alicyclic amines) is 1. The molecule has 0 aromatic heterocycles. The van der Waals surface area contributed by atoms with Crippen molar-refractivity contribution in [2.75, 3.05) is 6.54 Å². The molecule has 3 atom stereocenters. The Morgan fingerprint density at radius 3 is 2.56 bits per heavy atom. The zero-order valence-corrected chi connectivity index (χ0v) is 18.8. The molecule has 32 heavy (non-hydrogen) atoms. The van der Waals surface area contributed by atoms with Crippen LogP contribution in [0.5, 0.6) is 0 Å². The first-order valence-electron chi connectivity index (χ1n) is 11.5. The van der Waals surface area contributed by atoms with Gasteiger partial charge in [-0.25, -0.2) is 0 Å². The van der Waals surface area contributed by atoms with Crippen LogP contribution in [0.4, 0.5) is 8.78 Å². The number of aliphatic hydroxyl groups is 1. The molecular weight excluding hydrogens is 416 g/mol. The Hall–Kier alpha value is -2.28. The van der Waals surface area contributed by atoms with E-state index < -0.39 is 36.4 Å². The van der Waals surface area contributed by atoms with Crippen LogP contribution in [0.25, 0.3) is 0 Å². The van der Waals surface area contributed by atoms with Crippen LogP contribution in [0.3, 0.4) is 0 Å². The van der Waals surface area contributed by atoms with E-state index in [2.05, 4.69) is 12.1 Å². The molecule has 0 spiro atoms. The standard InChI is InChI=1S/C25H35F2NO4/c1-19(10-9-13-20-11-5-4-6-12-20)22(29)16-15-21-18-25(26,27)24(32)28(21)17-8-3-2-7-14-23(30)31/h4-6,11-12,15-16,19,21-22,29H,2-3,7-10,13-14,17-18H2,1H3,(H,30,31)/t19?,21-,22?/m0/s1. The Kier molecular flexibility index (Phi) is 10.3. The number of hydrogen-bond acceptors (Lipinski definition) is 3. The molecule has 1 aliphatic heterocycles. The summed E-state index contributed by atoms with van der Waals surface area (Å²) >= 11 is 0. The number of aliphatic carboxylic acids is 1.